The van der Waals surface area contributed by atoms with Crippen molar-refractivity contribution >= 4 is 5.97 Å². The van der Waals surface area contributed by atoms with Crippen LogP contribution in [0.25, 0.3) is 0 Å². The summed E-state index contributed by atoms with van der Waals surface area (Å²) in [5.41, 5.74) is -0.356. The first-order valence-electron chi connectivity index (χ1n) is 6.67. The molecule has 0 aromatic heterocycles. The normalized spacial score (nSPS) is 18.4. The Labute approximate surface area is 99.8 Å². The van der Waals surface area contributed by atoms with Gasteiger partial charge in [-0.05, 0) is 39.5 Å². The van der Waals surface area contributed by atoms with E-state index in [2.05, 4.69) is 0 Å². The molecule has 0 aliphatic heterocycles. The number of hydrogen-bond acceptors (Lipinski definition) is 2. The molecule has 16 heavy (non-hydrogen) atoms. The highest BCUT2D eigenvalue weighted by Gasteiger charge is 2.22. The Hall–Kier alpha value is -0.530. The van der Waals surface area contributed by atoms with Crippen LogP contribution in [0.5, 0.6) is 0 Å². The van der Waals surface area contributed by atoms with Crippen molar-refractivity contribution in [3.8, 4) is 0 Å². The van der Waals surface area contributed by atoms with Gasteiger partial charge in [0.2, 0.25) is 0 Å². The zero-order chi connectivity index (χ0) is 12.0. The fraction of sp³-hybridized carbons (Fsp3) is 0.929. The predicted octanol–water partition coefficient (Wildman–Crippen LogP) is 3.94. The molecule has 0 saturated heterocycles. The number of carbonyl (C=O) groups excluding carboxylic acids is 1. The molecule has 0 spiro atoms. The number of rotatable bonds is 4. The fourth-order valence-corrected chi connectivity index (χ4v) is 2.23. The molecule has 1 rings (SSSR count). The zero-order valence-corrected chi connectivity index (χ0v) is 11.1. The molecule has 0 aromatic rings. The number of hydrogen-bond donors (Lipinski definition) is 0. The summed E-state index contributed by atoms with van der Waals surface area (Å²) in [6.45, 7) is 6.30. The Morgan fingerprint density at radius 2 is 1.81 bits per heavy atom. The molecular weight excluding hydrogens is 200 g/mol. The summed E-state index contributed by atoms with van der Waals surface area (Å²) in [7, 11) is 0. The van der Waals surface area contributed by atoms with E-state index in [-0.39, 0.29) is 11.4 Å². The van der Waals surface area contributed by atoms with Crippen molar-refractivity contribution in [1.82, 2.24) is 0 Å². The highest BCUT2D eigenvalue weighted by atomic mass is 16.5. The quantitative estimate of drug-likeness (QED) is 0.536. The molecule has 2 nitrogen and oxygen atoms in total. The molecule has 0 radical (unpaired) electrons. The van der Waals surface area contributed by atoms with Gasteiger partial charge in [0, 0.05) is 0 Å². The maximum absolute atomic E-state index is 11.5. The molecule has 94 valence electrons. The van der Waals surface area contributed by atoms with Gasteiger partial charge in [0.15, 0.2) is 0 Å². The molecule has 1 aliphatic rings. The average Bonchev–Trinajstić information content (AvgIpc) is 2.24. The minimum Gasteiger partial charge on any atom is -0.465 e. The number of esters is 1. The van der Waals surface area contributed by atoms with Crippen LogP contribution in [0, 0.1) is 11.3 Å². The monoisotopic (exact) mass is 226 g/mol. The van der Waals surface area contributed by atoms with E-state index in [1.807, 2.05) is 20.8 Å². The van der Waals surface area contributed by atoms with E-state index in [0.717, 1.165) is 12.3 Å². The lowest BCUT2D eigenvalue weighted by Crippen LogP contribution is -2.23. The number of ether oxygens (including phenoxy) is 1. The van der Waals surface area contributed by atoms with E-state index in [9.17, 15) is 4.79 Å². The van der Waals surface area contributed by atoms with Crippen molar-refractivity contribution in [2.24, 2.45) is 11.3 Å². The van der Waals surface area contributed by atoms with Crippen LogP contribution in [0.2, 0.25) is 0 Å². The third-order valence-electron chi connectivity index (χ3n) is 3.33. The van der Waals surface area contributed by atoms with Gasteiger partial charge in [0.25, 0.3) is 0 Å². The SMILES string of the molecule is CC(C)(C)C(=O)OCCCC1CCCCC1. The molecular formula is C14H26O2. The molecule has 1 fully saturated rings. The van der Waals surface area contributed by atoms with Crippen LogP contribution in [-0.4, -0.2) is 12.6 Å². The first-order chi connectivity index (χ1) is 7.50. The van der Waals surface area contributed by atoms with Gasteiger partial charge in [-0.25, -0.2) is 0 Å². The summed E-state index contributed by atoms with van der Waals surface area (Å²) in [5.74, 6) is 0.818. The Balaban J connectivity index is 2.05. The standard InChI is InChI=1S/C14H26O2/c1-14(2,3)13(15)16-11-7-10-12-8-5-4-6-9-12/h12H,4-11H2,1-3H3. The number of carbonyl (C=O) groups is 1. The smallest absolute Gasteiger partial charge is 0.311 e. The van der Waals surface area contributed by atoms with Crippen LogP contribution >= 0.6 is 0 Å². The largest absolute Gasteiger partial charge is 0.465 e. The van der Waals surface area contributed by atoms with Gasteiger partial charge in [-0.15, -0.1) is 0 Å². The summed E-state index contributed by atoms with van der Waals surface area (Å²) in [6.07, 6.45) is 9.23. The van der Waals surface area contributed by atoms with E-state index in [4.69, 9.17) is 4.74 Å². The Bertz CT molecular complexity index is 209. The first kappa shape index (κ1) is 13.5. The van der Waals surface area contributed by atoms with Crippen molar-refractivity contribution < 1.29 is 9.53 Å². The second-order valence-corrected chi connectivity index (χ2v) is 6.03. The van der Waals surface area contributed by atoms with Crippen molar-refractivity contribution in [3.05, 3.63) is 0 Å². The zero-order valence-electron chi connectivity index (χ0n) is 11.1. The van der Waals surface area contributed by atoms with E-state index < -0.39 is 0 Å². The molecule has 0 atom stereocenters. The van der Waals surface area contributed by atoms with Crippen LogP contribution < -0.4 is 0 Å². The Morgan fingerprint density at radius 1 is 1.19 bits per heavy atom. The summed E-state index contributed by atoms with van der Waals surface area (Å²) in [6, 6.07) is 0. The third-order valence-corrected chi connectivity index (χ3v) is 3.33. The fourth-order valence-electron chi connectivity index (χ4n) is 2.23. The molecule has 0 aromatic carbocycles. The Kier molecular flexibility index (Phi) is 5.30. The maximum Gasteiger partial charge on any atom is 0.311 e. The minimum atomic E-state index is -0.356. The second-order valence-electron chi connectivity index (χ2n) is 6.03. The lowest BCUT2D eigenvalue weighted by atomic mass is 9.86. The summed E-state index contributed by atoms with van der Waals surface area (Å²) < 4.78 is 5.26. The molecule has 1 saturated carbocycles. The van der Waals surface area contributed by atoms with Gasteiger partial charge in [-0.1, -0.05) is 32.1 Å². The molecule has 0 amide bonds. The molecule has 1 aliphatic carbocycles. The summed E-state index contributed by atoms with van der Waals surface area (Å²) in [4.78, 5) is 11.5. The van der Waals surface area contributed by atoms with Crippen LogP contribution in [0.1, 0.15) is 65.7 Å². The van der Waals surface area contributed by atoms with Gasteiger partial charge in [-0.3, -0.25) is 4.79 Å². The van der Waals surface area contributed by atoms with Crippen molar-refractivity contribution in [2.75, 3.05) is 6.61 Å². The third kappa shape index (κ3) is 5.00. The topological polar surface area (TPSA) is 26.3 Å². The average molecular weight is 226 g/mol. The summed E-state index contributed by atoms with van der Waals surface area (Å²) in [5, 5.41) is 0. The van der Waals surface area contributed by atoms with E-state index in [1.165, 1.54) is 38.5 Å². The van der Waals surface area contributed by atoms with Gasteiger partial charge in [-0.2, -0.15) is 0 Å². The lowest BCUT2D eigenvalue weighted by Gasteiger charge is -2.21. The molecule has 2 heteroatoms. The van der Waals surface area contributed by atoms with E-state index in [0.29, 0.717) is 6.61 Å². The van der Waals surface area contributed by atoms with E-state index >= 15 is 0 Å². The van der Waals surface area contributed by atoms with Crippen LogP contribution in [0.3, 0.4) is 0 Å². The van der Waals surface area contributed by atoms with E-state index in [1.54, 1.807) is 0 Å². The van der Waals surface area contributed by atoms with Gasteiger partial charge >= 0.3 is 5.97 Å². The maximum atomic E-state index is 11.5. The van der Waals surface area contributed by atoms with Gasteiger partial charge in [0.05, 0.1) is 12.0 Å². The molecule has 0 heterocycles. The predicted molar refractivity (Wildman–Crippen MR) is 66.2 cm³/mol. The van der Waals surface area contributed by atoms with Crippen molar-refractivity contribution in [2.45, 2.75) is 65.7 Å². The van der Waals surface area contributed by atoms with Gasteiger partial charge in [0.1, 0.15) is 0 Å². The van der Waals surface area contributed by atoms with Gasteiger partial charge < -0.3 is 4.74 Å². The Morgan fingerprint density at radius 3 is 2.38 bits per heavy atom. The summed E-state index contributed by atoms with van der Waals surface area (Å²) >= 11 is 0. The second kappa shape index (κ2) is 6.27. The first-order valence-corrected chi connectivity index (χ1v) is 6.67. The van der Waals surface area contributed by atoms with Crippen molar-refractivity contribution in [3.63, 3.8) is 0 Å². The van der Waals surface area contributed by atoms with Crippen LogP contribution in [0.4, 0.5) is 0 Å². The molecule has 0 unspecified atom stereocenters. The molecule has 0 bridgehead atoms. The molecule has 0 N–H and O–H groups in total. The minimum absolute atomic E-state index is 0.0730. The van der Waals surface area contributed by atoms with Crippen molar-refractivity contribution in [1.29, 1.82) is 0 Å². The highest BCUT2D eigenvalue weighted by molar-refractivity contribution is 5.75. The highest BCUT2D eigenvalue weighted by Crippen LogP contribution is 2.27. The lowest BCUT2D eigenvalue weighted by molar-refractivity contribution is -0.153. The van der Waals surface area contributed by atoms with Crippen LogP contribution in [0.15, 0.2) is 0 Å². The van der Waals surface area contributed by atoms with Crippen LogP contribution in [-0.2, 0) is 9.53 Å².